The Morgan fingerprint density at radius 3 is 2.93 bits per heavy atom. The summed E-state index contributed by atoms with van der Waals surface area (Å²) >= 11 is 0. The smallest absolute Gasteiger partial charge is 0.380 e. The number of likely N-dealkylation sites (tertiary alicyclic amines) is 1. The van der Waals surface area contributed by atoms with Crippen LogP contribution in [0.15, 0.2) is 18.7 Å². The molecular formula is C10H16N3O2+. The third-order valence-electron chi connectivity index (χ3n) is 2.74. The van der Waals surface area contributed by atoms with E-state index in [1.807, 2.05) is 22.7 Å². The van der Waals surface area contributed by atoms with Crippen molar-refractivity contribution < 1.29 is 14.1 Å². The highest BCUT2D eigenvalue weighted by molar-refractivity contribution is 5.76. The van der Waals surface area contributed by atoms with Crippen molar-refractivity contribution in [3.8, 4) is 0 Å². The first-order chi connectivity index (χ1) is 7.20. The zero-order valence-corrected chi connectivity index (χ0v) is 9.09. The molecule has 1 aliphatic heterocycles. The first kappa shape index (κ1) is 10.2. The number of hydrogen-bond donors (Lipinski definition) is 0. The fourth-order valence-corrected chi connectivity index (χ4v) is 1.82. The first-order valence-electron chi connectivity index (χ1n) is 5.06. The van der Waals surface area contributed by atoms with Crippen LogP contribution in [-0.2, 0) is 11.8 Å². The Labute approximate surface area is 88.9 Å². The van der Waals surface area contributed by atoms with Crippen LogP contribution in [0.2, 0.25) is 0 Å². The summed E-state index contributed by atoms with van der Waals surface area (Å²) in [6, 6.07) is 0.0233. The van der Waals surface area contributed by atoms with Crippen LogP contribution in [0.3, 0.4) is 0 Å². The molecule has 0 N–H and O–H groups in total. The molecule has 2 heterocycles. The minimum absolute atomic E-state index is 0.0233. The summed E-state index contributed by atoms with van der Waals surface area (Å²) in [5.41, 5.74) is 0. The summed E-state index contributed by atoms with van der Waals surface area (Å²) in [7, 11) is 3.58. The van der Waals surface area contributed by atoms with E-state index in [0.29, 0.717) is 6.54 Å². The second-order valence-corrected chi connectivity index (χ2v) is 3.86. The van der Waals surface area contributed by atoms with E-state index >= 15 is 0 Å². The van der Waals surface area contributed by atoms with Crippen molar-refractivity contribution >= 4 is 6.03 Å². The van der Waals surface area contributed by atoms with E-state index in [9.17, 15) is 4.79 Å². The minimum Gasteiger partial charge on any atom is -0.380 e. The lowest BCUT2D eigenvalue weighted by atomic mass is 10.3. The molecule has 15 heavy (non-hydrogen) atoms. The Morgan fingerprint density at radius 1 is 1.60 bits per heavy atom. The third kappa shape index (κ3) is 2.02. The number of rotatable bonds is 1. The van der Waals surface area contributed by atoms with Crippen molar-refractivity contribution in [1.82, 2.24) is 9.47 Å². The number of ether oxygens (including phenoxy) is 1. The fourth-order valence-electron chi connectivity index (χ4n) is 1.82. The average molecular weight is 210 g/mol. The van der Waals surface area contributed by atoms with Gasteiger partial charge in [-0.15, -0.1) is 0 Å². The van der Waals surface area contributed by atoms with E-state index < -0.39 is 0 Å². The number of imidazole rings is 1. The van der Waals surface area contributed by atoms with Gasteiger partial charge in [0.2, 0.25) is 0 Å². The molecule has 5 heteroatoms. The van der Waals surface area contributed by atoms with Gasteiger partial charge in [-0.1, -0.05) is 0 Å². The molecule has 1 aromatic heterocycles. The van der Waals surface area contributed by atoms with E-state index in [4.69, 9.17) is 4.74 Å². The number of nitrogens with zero attached hydrogens (tertiary/aromatic N) is 3. The van der Waals surface area contributed by atoms with Crippen molar-refractivity contribution in [2.24, 2.45) is 7.05 Å². The standard InChI is InChI=1S/C10H16N3O2/c1-11-5-6-13(8-11)10(14)12-4-3-9(7-12)15-2/h5-6,8-9H,3-4,7H2,1-2H3/q+1. The molecule has 82 valence electrons. The normalized spacial score (nSPS) is 20.9. The van der Waals surface area contributed by atoms with Crippen LogP contribution in [-0.4, -0.2) is 41.8 Å². The molecule has 1 unspecified atom stereocenters. The maximum Gasteiger partial charge on any atom is 0.415 e. The molecule has 0 spiro atoms. The van der Waals surface area contributed by atoms with Crippen molar-refractivity contribution in [2.75, 3.05) is 20.2 Å². The number of aromatic nitrogens is 2. The van der Waals surface area contributed by atoms with Crippen LogP contribution in [0.5, 0.6) is 0 Å². The zero-order valence-electron chi connectivity index (χ0n) is 9.09. The molecule has 1 aliphatic rings. The van der Waals surface area contributed by atoms with E-state index in [1.54, 1.807) is 24.2 Å². The lowest BCUT2D eigenvalue weighted by Gasteiger charge is -2.12. The molecule has 1 fully saturated rings. The van der Waals surface area contributed by atoms with Gasteiger partial charge in [-0.05, 0) is 6.42 Å². The maximum absolute atomic E-state index is 11.9. The van der Waals surface area contributed by atoms with E-state index in [-0.39, 0.29) is 12.1 Å². The summed E-state index contributed by atoms with van der Waals surface area (Å²) in [4.78, 5) is 13.8. The Hall–Kier alpha value is -1.36. The largest absolute Gasteiger partial charge is 0.415 e. The van der Waals surface area contributed by atoms with Crippen molar-refractivity contribution in [3.05, 3.63) is 18.7 Å². The monoisotopic (exact) mass is 210 g/mol. The minimum atomic E-state index is 0.0233. The van der Waals surface area contributed by atoms with Crippen LogP contribution in [0.25, 0.3) is 0 Å². The predicted molar refractivity (Wildman–Crippen MR) is 53.4 cm³/mol. The van der Waals surface area contributed by atoms with E-state index in [0.717, 1.165) is 13.0 Å². The Balaban J connectivity index is 2.03. The summed E-state index contributed by atoms with van der Waals surface area (Å²) in [6.45, 7) is 1.47. The van der Waals surface area contributed by atoms with Crippen molar-refractivity contribution in [1.29, 1.82) is 0 Å². The Bertz CT molecular complexity index is 361. The quantitative estimate of drug-likeness (QED) is 0.612. The third-order valence-corrected chi connectivity index (χ3v) is 2.74. The van der Waals surface area contributed by atoms with Gasteiger partial charge in [0, 0.05) is 13.7 Å². The molecule has 1 amide bonds. The van der Waals surface area contributed by atoms with Crippen molar-refractivity contribution in [2.45, 2.75) is 12.5 Å². The molecule has 0 saturated carbocycles. The summed E-state index contributed by atoms with van der Waals surface area (Å²) < 4.78 is 8.67. The van der Waals surface area contributed by atoms with E-state index in [2.05, 4.69) is 0 Å². The van der Waals surface area contributed by atoms with Crippen LogP contribution in [0.1, 0.15) is 6.42 Å². The molecule has 5 nitrogen and oxygen atoms in total. The number of hydrogen-bond acceptors (Lipinski definition) is 2. The Kier molecular flexibility index (Phi) is 2.73. The maximum atomic E-state index is 11.9. The van der Waals surface area contributed by atoms with Gasteiger partial charge in [-0.2, -0.15) is 4.57 Å². The van der Waals surface area contributed by atoms with Gasteiger partial charge in [0.15, 0.2) is 0 Å². The van der Waals surface area contributed by atoms with Gasteiger partial charge >= 0.3 is 6.03 Å². The molecule has 0 aliphatic carbocycles. The van der Waals surface area contributed by atoms with Gasteiger partial charge < -0.3 is 9.64 Å². The van der Waals surface area contributed by atoms with Gasteiger partial charge in [0.1, 0.15) is 12.4 Å². The molecule has 1 saturated heterocycles. The number of carbonyl (C=O) groups is 1. The SMILES string of the molecule is COC1CCN(C(=O)n2cc[n+](C)c2)C1. The average Bonchev–Trinajstić information content (AvgIpc) is 2.84. The van der Waals surface area contributed by atoms with Crippen LogP contribution >= 0.6 is 0 Å². The van der Waals surface area contributed by atoms with Crippen LogP contribution in [0.4, 0.5) is 4.79 Å². The highest BCUT2D eigenvalue weighted by Crippen LogP contribution is 2.12. The topological polar surface area (TPSA) is 38.4 Å². The highest BCUT2D eigenvalue weighted by Gasteiger charge is 2.29. The van der Waals surface area contributed by atoms with Crippen LogP contribution in [0, 0.1) is 0 Å². The molecule has 0 bridgehead atoms. The Morgan fingerprint density at radius 2 is 2.40 bits per heavy atom. The summed E-state index contributed by atoms with van der Waals surface area (Å²) in [5, 5.41) is 0. The zero-order chi connectivity index (χ0) is 10.8. The number of methoxy groups -OCH3 is 1. The van der Waals surface area contributed by atoms with E-state index in [1.165, 1.54) is 0 Å². The summed E-state index contributed by atoms with van der Waals surface area (Å²) in [6.07, 6.45) is 6.50. The predicted octanol–water partition coefficient (Wildman–Crippen LogP) is 0.00140. The van der Waals surface area contributed by atoms with Gasteiger partial charge in [0.05, 0.1) is 19.7 Å². The number of aryl methyl sites for hydroxylation is 1. The molecule has 0 radical (unpaired) electrons. The lowest BCUT2D eigenvalue weighted by molar-refractivity contribution is -0.670. The summed E-state index contributed by atoms with van der Waals surface area (Å²) in [5.74, 6) is 0. The first-order valence-corrected chi connectivity index (χ1v) is 5.06. The fraction of sp³-hybridized carbons (Fsp3) is 0.600. The molecule has 1 aromatic rings. The highest BCUT2D eigenvalue weighted by atomic mass is 16.5. The molecule has 0 aromatic carbocycles. The van der Waals surface area contributed by atoms with Gasteiger partial charge in [-0.25, -0.2) is 9.36 Å². The van der Waals surface area contributed by atoms with Crippen LogP contribution < -0.4 is 4.57 Å². The number of amides is 1. The molecular weight excluding hydrogens is 194 g/mol. The second kappa shape index (κ2) is 4.02. The number of carbonyl (C=O) groups excluding carboxylic acids is 1. The molecule has 2 rings (SSSR count). The lowest BCUT2D eigenvalue weighted by Crippen LogP contribution is -2.34. The van der Waals surface area contributed by atoms with Gasteiger partial charge in [0.25, 0.3) is 6.33 Å². The molecule has 1 atom stereocenters. The van der Waals surface area contributed by atoms with Crippen molar-refractivity contribution in [3.63, 3.8) is 0 Å². The second-order valence-electron chi connectivity index (χ2n) is 3.86. The van der Waals surface area contributed by atoms with Gasteiger partial charge in [-0.3, -0.25) is 0 Å².